The number of carbonyl (C=O) groups is 4. The Bertz CT molecular complexity index is 1190. The zero-order chi connectivity index (χ0) is 25.0. The molecule has 0 atom stereocenters. The van der Waals surface area contributed by atoms with Gasteiger partial charge in [0.15, 0.2) is 6.61 Å². The van der Waals surface area contributed by atoms with E-state index in [0.29, 0.717) is 29.5 Å². The summed E-state index contributed by atoms with van der Waals surface area (Å²) in [4.78, 5) is 51.6. The molecule has 1 N–H and O–H groups in total. The summed E-state index contributed by atoms with van der Waals surface area (Å²) in [6.07, 6.45) is 3.86. The van der Waals surface area contributed by atoms with E-state index < -0.39 is 35.8 Å². The van der Waals surface area contributed by atoms with Gasteiger partial charge in [0.2, 0.25) is 0 Å². The lowest BCUT2D eigenvalue weighted by atomic mass is 9.83. The van der Waals surface area contributed by atoms with Crippen LogP contribution in [0.5, 0.6) is 5.75 Å². The summed E-state index contributed by atoms with van der Waals surface area (Å²) >= 11 is 0. The van der Waals surface area contributed by atoms with Gasteiger partial charge in [-0.1, -0.05) is 37.5 Å². The normalized spacial score (nSPS) is 16.3. The van der Waals surface area contributed by atoms with Crippen LogP contribution in [0.25, 0.3) is 0 Å². The number of hydrogen-bond acceptors (Lipinski definition) is 7. The highest BCUT2D eigenvalue weighted by Gasteiger charge is 2.36. The molecular weight excluding hydrogens is 450 g/mol. The standard InChI is InChI=1S/C26H25N3O6/c1-34-21-10-9-17(14-29-23(31)18-7-3-4-8-19(18)24(29)32)13-20(21)25(33)35-15-22(30)28-26(16-27)11-5-2-6-12-26/h3-4,7-10,13H,2,5-6,11-12,14-15H2,1H3,(H,28,30). The predicted octanol–water partition coefficient (Wildman–Crippen LogP) is 2.99. The second kappa shape index (κ2) is 9.97. The monoisotopic (exact) mass is 475 g/mol. The number of esters is 1. The molecule has 0 spiro atoms. The fourth-order valence-electron chi connectivity index (χ4n) is 4.51. The highest BCUT2D eigenvalue weighted by atomic mass is 16.5. The molecule has 1 fully saturated rings. The van der Waals surface area contributed by atoms with Crippen molar-refractivity contribution in [1.82, 2.24) is 10.2 Å². The molecule has 1 heterocycles. The van der Waals surface area contributed by atoms with Gasteiger partial charge in [-0.05, 0) is 42.7 Å². The van der Waals surface area contributed by atoms with E-state index in [2.05, 4.69) is 11.4 Å². The number of ether oxygens (including phenoxy) is 2. The third-order valence-corrected chi connectivity index (χ3v) is 6.34. The van der Waals surface area contributed by atoms with Gasteiger partial charge in [0.05, 0.1) is 30.9 Å². The largest absolute Gasteiger partial charge is 0.496 e. The maximum Gasteiger partial charge on any atom is 0.342 e. The fraction of sp³-hybridized carbons (Fsp3) is 0.346. The fourth-order valence-corrected chi connectivity index (χ4v) is 4.51. The van der Waals surface area contributed by atoms with Crippen molar-refractivity contribution in [3.8, 4) is 11.8 Å². The Morgan fingerprint density at radius 1 is 1.06 bits per heavy atom. The van der Waals surface area contributed by atoms with Gasteiger partial charge in [-0.15, -0.1) is 0 Å². The SMILES string of the molecule is COc1ccc(CN2C(=O)c3ccccc3C2=O)cc1C(=O)OCC(=O)NC1(C#N)CCCCC1. The van der Waals surface area contributed by atoms with Gasteiger partial charge >= 0.3 is 5.97 Å². The molecule has 2 aromatic rings. The van der Waals surface area contributed by atoms with Crippen molar-refractivity contribution in [2.75, 3.05) is 13.7 Å². The molecule has 2 aliphatic rings. The molecule has 0 unspecified atom stereocenters. The lowest BCUT2D eigenvalue weighted by Crippen LogP contribution is -2.50. The minimum absolute atomic E-state index is 0.0399. The van der Waals surface area contributed by atoms with Crippen LogP contribution >= 0.6 is 0 Å². The van der Waals surface area contributed by atoms with Crippen molar-refractivity contribution in [3.05, 3.63) is 64.7 Å². The van der Waals surface area contributed by atoms with Crippen molar-refractivity contribution < 1.29 is 28.7 Å². The first-order chi connectivity index (χ1) is 16.9. The van der Waals surface area contributed by atoms with Crippen LogP contribution in [0.3, 0.4) is 0 Å². The van der Waals surface area contributed by atoms with Gasteiger partial charge in [0, 0.05) is 0 Å². The van der Waals surface area contributed by atoms with Crippen LogP contribution in [0.2, 0.25) is 0 Å². The predicted molar refractivity (Wildman–Crippen MR) is 123 cm³/mol. The number of rotatable bonds is 7. The van der Waals surface area contributed by atoms with Gasteiger partial charge in [0.1, 0.15) is 16.9 Å². The topological polar surface area (TPSA) is 126 Å². The highest BCUT2D eigenvalue weighted by Crippen LogP contribution is 2.28. The molecule has 9 nitrogen and oxygen atoms in total. The molecule has 2 aromatic carbocycles. The van der Waals surface area contributed by atoms with Crippen molar-refractivity contribution in [2.24, 2.45) is 0 Å². The third-order valence-electron chi connectivity index (χ3n) is 6.34. The molecular formula is C26H25N3O6. The molecule has 0 aromatic heterocycles. The summed E-state index contributed by atoms with van der Waals surface area (Å²) in [5.41, 5.74) is 0.324. The van der Waals surface area contributed by atoms with Crippen molar-refractivity contribution in [1.29, 1.82) is 5.26 Å². The van der Waals surface area contributed by atoms with Gasteiger partial charge < -0.3 is 14.8 Å². The average Bonchev–Trinajstić information content (AvgIpc) is 3.12. The number of carbonyl (C=O) groups excluding carboxylic acids is 4. The van der Waals surface area contributed by atoms with Crippen LogP contribution in [0.1, 0.15) is 68.7 Å². The molecule has 9 heteroatoms. The van der Waals surface area contributed by atoms with Crippen LogP contribution in [-0.4, -0.2) is 47.8 Å². The van der Waals surface area contributed by atoms with Crippen molar-refractivity contribution in [2.45, 2.75) is 44.2 Å². The Balaban J connectivity index is 1.44. The van der Waals surface area contributed by atoms with Crippen LogP contribution in [0.4, 0.5) is 0 Å². The number of benzene rings is 2. The van der Waals surface area contributed by atoms with E-state index in [0.717, 1.165) is 24.2 Å². The lowest BCUT2D eigenvalue weighted by molar-refractivity contribution is -0.125. The summed E-state index contributed by atoms with van der Waals surface area (Å²) in [6, 6.07) is 13.4. The van der Waals surface area contributed by atoms with Crippen LogP contribution in [0.15, 0.2) is 42.5 Å². The molecule has 3 amide bonds. The van der Waals surface area contributed by atoms with Gasteiger partial charge in [-0.2, -0.15) is 5.26 Å². The van der Waals surface area contributed by atoms with Crippen LogP contribution in [0, 0.1) is 11.3 Å². The highest BCUT2D eigenvalue weighted by molar-refractivity contribution is 6.21. The summed E-state index contributed by atoms with van der Waals surface area (Å²) < 4.78 is 10.4. The Labute approximate surface area is 202 Å². The smallest absolute Gasteiger partial charge is 0.342 e. The number of nitriles is 1. The molecule has 0 bridgehead atoms. The Hall–Kier alpha value is -4.19. The maximum atomic E-state index is 12.8. The Morgan fingerprint density at radius 3 is 2.31 bits per heavy atom. The second-order valence-electron chi connectivity index (χ2n) is 8.66. The zero-order valence-electron chi connectivity index (χ0n) is 19.3. The first kappa shape index (κ1) is 24.0. The van der Waals surface area contributed by atoms with Crippen molar-refractivity contribution >= 4 is 23.7 Å². The number of imide groups is 1. The summed E-state index contributed by atoms with van der Waals surface area (Å²) in [5, 5.41) is 12.2. The van der Waals surface area contributed by atoms with E-state index in [1.54, 1.807) is 30.3 Å². The number of methoxy groups -OCH3 is 1. The zero-order valence-corrected chi connectivity index (χ0v) is 19.3. The van der Waals surface area contributed by atoms with E-state index >= 15 is 0 Å². The average molecular weight is 476 g/mol. The minimum Gasteiger partial charge on any atom is -0.496 e. The van der Waals surface area contributed by atoms with Gasteiger partial charge in [0.25, 0.3) is 17.7 Å². The minimum atomic E-state index is -0.925. The number of nitrogens with zero attached hydrogens (tertiary/aromatic N) is 2. The first-order valence-electron chi connectivity index (χ1n) is 11.4. The van der Waals surface area contributed by atoms with E-state index in [4.69, 9.17) is 9.47 Å². The quantitative estimate of drug-likeness (QED) is 0.482. The molecule has 180 valence electrons. The van der Waals surface area contributed by atoms with E-state index in [-0.39, 0.29) is 17.9 Å². The van der Waals surface area contributed by atoms with E-state index in [9.17, 15) is 24.4 Å². The molecule has 1 aliphatic carbocycles. The van der Waals surface area contributed by atoms with Crippen molar-refractivity contribution in [3.63, 3.8) is 0 Å². The molecule has 35 heavy (non-hydrogen) atoms. The molecule has 0 radical (unpaired) electrons. The van der Waals surface area contributed by atoms with Crippen LogP contribution in [-0.2, 0) is 16.1 Å². The second-order valence-corrected chi connectivity index (χ2v) is 8.66. The van der Waals surface area contributed by atoms with E-state index in [1.165, 1.54) is 19.2 Å². The number of fused-ring (bicyclic) bond motifs is 1. The number of amides is 3. The maximum absolute atomic E-state index is 12.8. The third kappa shape index (κ3) is 4.87. The Morgan fingerprint density at radius 2 is 1.71 bits per heavy atom. The number of nitrogens with one attached hydrogen (secondary N) is 1. The molecule has 0 saturated heterocycles. The van der Waals surface area contributed by atoms with E-state index in [1.807, 2.05) is 0 Å². The van der Waals surface area contributed by atoms with Crippen LogP contribution < -0.4 is 10.1 Å². The van der Waals surface area contributed by atoms with Gasteiger partial charge in [-0.25, -0.2) is 4.79 Å². The molecule has 1 saturated carbocycles. The van der Waals surface area contributed by atoms with Gasteiger partial charge in [-0.3, -0.25) is 19.3 Å². The lowest BCUT2D eigenvalue weighted by Gasteiger charge is -2.31. The number of hydrogen-bond donors (Lipinski definition) is 1. The Kier molecular flexibility index (Phi) is 6.82. The molecule has 1 aliphatic heterocycles. The summed E-state index contributed by atoms with van der Waals surface area (Å²) in [5.74, 6) is -1.94. The molecule has 4 rings (SSSR count). The first-order valence-corrected chi connectivity index (χ1v) is 11.4. The summed E-state index contributed by atoms with van der Waals surface area (Å²) in [7, 11) is 1.39. The summed E-state index contributed by atoms with van der Waals surface area (Å²) in [6.45, 7) is -0.587.